The SMILES string of the molecule is C/C=C/COC(=O)c1sccc1SC(F)F. The summed E-state index contributed by atoms with van der Waals surface area (Å²) in [6, 6.07) is 1.49. The van der Waals surface area contributed by atoms with Crippen molar-refractivity contribution in [2.75, 3.05) is 6.61 Å². The average Bonchev–Trinajstić information content (AvgIpc) is 2.65. The second-order valence-corrected chi connectivity index (χ2v) is 4.61. The van der Waals surface area contributed by atoms with E-state index in [1.54, 1.807) is 24.5 Å². The number of hydrogen-bond donors (Lipinski definition) is 0. The summed E-state index contributed by atoms with van der Waals surface area (Å²) >= 11 is 1.46. The van der Waals surface area contributed by atoms with Gasteiger partial charge in [0.25, 0.3) is 5.76 Å². The van der Waals surface area contributed by atoms with Crippen LogP contribution < -0.4 is 0 Å². The van der Waals surface area contributed by atoms with Crippen LogP contribution in [0.2, 0.25) is 0 Å². The molecule has 0 unspecified atom stereocenters. The molecule has 6 heteroatoms. The summed E-state index contributed by atoms with van der Waals surface area (Å²) in [7, 11) is 0. The highest BCUT2D eigenvalue weighted by atomic mass is 32.2. The molecule has 0 amide bonds. The van der Waals surface area contributed by atoms with Gasteiger partial charge in [-0.05, 0) is 18.4 Å². The van der Waals surface area contributed by atoms with Gasteiger partial charge < -0.3 is 4.74 Å². The van der Waals surface area contributed by atoms with Crippen LogP contribution >= 0.6 is 23.1 Å². The summed E-state index contributed by atoms with van der Waals surface area (Å²) in [5.74, 6) is -3.09. The predicted molar refractivity (Wildman–Crippen MR) is 61.3 cm³/mol. The number of carbonyl (C=O) groups is 1. The largest absolute Gasteiger partial charge is 0.457 e. The molecule has 0 saturated heterocycles. The quantitative estimate of drug-likeness (QED) is 0.460. The number of carbonyl (C=O) groups excluding carboxylic acids is 1. The standard InChI is InChI=1S/C10H10F2O2S2/c1-2-3-5-14-9(13)8-7(4-6-15-8)16-10(11)12/h2-4,6,10H,5H2,1H3/b3-2+. The van der Waals surface area contributed by atoms with Gasteiger partial charge in [-0.3, -0.25) is 0 Å². The van der Waals surface area contributed by atoms with Gasteiger partial charge in [-0.2, -0.15) is 8.78 Å². The number of esters is 1. The summed E-state index contributed by atoms with van der Waals surface area (Å²) in [4.78, 5) is 12.0. The van der Waals surface area contributed by atoms with Crippen molar-refractivity contribution in [1.82, 2.24) is 0 Å². The summed E-state index contributed by atoms with van der Waals surface area (Å²) in [5.41, 5.74) is 0. The molecule has 0 aliphatic heterocycles. The zero-order chi connectivity index (χ0) is 12.0. The number of thiophene rings is 1. The van der Waals surface area contributed by atoms with Gasteiger partial charge in [0.05, 0.1) is 0 Å². The predicted octanol–water partition coefficient (Wildman–Crippen LogP) is 3.80. The Morgan fingerprint density at radius 1 is 1.69 bits per heavy atom. The van der Waals surface area contributed by atoms with Crippen molar-refractivity contribution in [1.29, 1.82) is 0 Å². The smallest absolute Gasteiger partial charge is 0.349 e. The Bertz CT molecular complexity index is 375. The molecule has 1 aromatic rings. The molecule has 2 nitrogen and oxygen atoms in total. The Hall–Kier alpha value is -0.880. The summed E-state index contributed by atoms with van der Waals surface area (Å²) < 4.78 is 29.2. The van der Waals surface area contributed by atoms with Crippen molar-refractivity contribution >= 4 is 29.1 Å². The number of allylic oxidation sites excluding steroid dienone is 1. The van der Waals surface area contributed by atoms with Crippen molar-refractivity contribution in [3.63, 3.8) is 0 Å². The molecule has 0 bridgehead atoms. The highest BCUT2D eigenvalue weighted by Gasteiger charge is 2.17. The summed E-state index contributed by atoms with van der Waals surface area (Å²) in [6.07, 6.45) is 3.42. The van der Waals surface area contributed by atoms with Gasteiger partial charge >= 0.3 is 5.97 Å². The van der Waals surface area contributed by atoms with Gasteiger partial charge in [0.2, 0.25) is 0 Å². The van der Waals surface area contributed by atoms with Gasteiger partial charge in [0.15, 0.2) is 0 Å². The van der Waals surface area contributed by atoms with Crippen LogP contribution in [0.5, 0.6) is 0 Å². The van der Waals surface area contributed by atoms with E-state index in [0.29, 0.717) is 11.8 Å². The van der Waals surface area contributed by atoms with E-state index in [2.05, 4.69) is 0 Å². The van der Waals surface area contributed by atoms with Crippen LogP contribution in [0.4, 0.5) is 8.78 Å². The van der Waals surface area contributed by atoms with Crippen LogP contribution in [-0.4, -0.2) is 18.3 Å². The highest BCUT2D eigenvalue weighted by Crippen LogP contribution is 2.32. The van der Waals surface area contributed by atoms with Crippen molar-refractivity contribution in [2.24, 2.45) is 0 Å². The van der Waals surface area contributed by atoms with Gasteiger partial charge in [-0.25, -0.2) is 4.79 Å². The lowest BCUT2D eigenvalue weighted by molar-refractivity contribution is 0.0551. The molecule has 0 fully saturated rings. The van der Waals surface area contributed by atoms with Crippen molar-refractivity contribution in [3.8, 4) is 0 Å². The fraction of sp³-hybridized carbons (Fsp3) is 0.300. The molecule has 1 heterocycles. The summed E-state index contributed by atoms with van der Waals surface area (Å²) in [5, 5.41) is 1.59. The van der Waals surface area contributed by atoms with E-state index < -0.39 is 11.7 Å². The molecule has 0 spiro atoms. The maximum absolute atomic E-state index is 12.2. The maximum Gasteiger partial charge on any atom is 0.349 e. The number of halogens is 2. The molecule has 0 aliphatic rings. The minimum Gasteiger partial charge on any atom is -0.457 e. The zero-order valence-electron chi connectivity index (χ0n) is 8.48. The zero-order valence-corrected chi connectivity index (χ0v) is 10.1. The van der Waals surface area contributed by atoms with Gasteiger partial charge in [-0.1, -0.05) is 23.9 Å². The molecule has 0 radical (unpaired) electrons. The Kier molecular flexibility index (Phi) is 5.48. The maximum atomic E-state index is 12.2. The minimum absolute atomic E-state index is 0.159. The molecule has 88 valence electrons. The van der Waals surface area contributed by atoms with Crippen molar-refractivity contribution in [2.45, 2.75) is 17.6 Å². The van der Waals surface area contributed by atoms with Crippen LogP contribution in [0.25, 0.3) is 0 Å². The third-order valence-corrected chi connectivity index (χ3v) is 3.37. The van der Waals surface area contributed by atoms with Gasteiger partial charge in [-0.15, -0.1) is 11.3 Å². The van der Waals surface area contributed by atoms with Crippen molar-refractivity contribution in [3.05, 3.63) is 28.5 Å². The lowest BCUT2D eigenvalue weighted by Gasteiger charge is -2.02. The number of ether oxygens (including phenoxy) is 1. The van der Waals surface area contributed by atoms with Crippen LogP contribution in [-0.2, 0) is 4.74 Å². The normalized spacial score (nSPS) is 11.2. The first-order chi connectivity index (χ1) is 7.65. The van der Waals surface area contributed by atoms with Crippen LogP contribution in [0.1, 0.15) is 16.6 Å². The molecule has 1 rings (SSSR count). The van der Waals surface area contributed by atoms with Gasteiger partial charge in [0.1, 0.15) is 11.5 Å². The Morgan fingerprint density at radius 2 is 2.44 bits per heavy atom. The Morgan fingerprint density at radius 3 is 3.06 bits per heavy atom. The Labute approximate surface area is 100 Å². The fourth-order valence-electron chi connectivity index (χ4n) is 0.921. The molecular weight excluding hydrogens is 254 g/mol. The number of hydrogen-bond acceptors (Lipinski definition) is 4. The number of thioether (sulfide) groups is 1. The van der Waals surface area contributed by atoms with Crippen LogP contribution in [0.3, 0.4) is 0 Å². The van der Waals surface area contributed by atoms with Gasteiger partial charge in [0, 0.05) is 4.90 Å². The molecule has 0 atom stereocenters. The van der Waals surface area contributed by atoms with E-state index in [1.807, 2.05) is 0 Å². The second-order valence-electron chi connectivity index (χ2n) is 2.66. The van der Waals surface area contributed by atoms with E-state index in [9.17, 15) is 13.6 Å². The first-order valence-electron chi connectivity index (χ1n) is 4.45. The average molecular weight is 264 g/mol. The van der Waals surface area contributed by atoms with E-state index in [-0.39, 0.29) is 16.4 Å². The molecule has 0 aliphatic carbocycles. The monoisotopic (exact) mass is 264 g/mol. The first-order valence-corrected chi connectivity index (χ1v) is 6.21. The van der Waals surface area contributed by atoms with E-state index in [4.69, 9.17) is 4.74 Å². The molecule has 16 heavy (non-hydrogen) atoms. The second kappa shape index (κ2) is 6.65. The van der Waals surface area contributed by atoms with E-state index in [0.717, 1.165) is 11.3 Å². The minimum atomic E-state index is -2.53. The number of alkyl halides is 2. The highest BCUT2D eigenvalue weighted by molar-refractivity contribution is 7.99. The lowest BCUT2D eigenvalue weighted by Crippen LogP contribution is -2.04. The molecule has 1 aromatic heterocycles. The van der Waals surface area contributed by atoms with Crippen molar-refractivity contribution < 1.29 is 18.3 Å². The topological polar surface area (TPSA) is 26.3 Å². The van der Waals surface area contributed by atoms with E-state index >= 15 is 0 Å². The molecule has 0 aromatic carbocycles. The van der Waals surface area contributed by atoms with Crippen LogP contribution in [0.15, 0.2) is 28.5 Å². The molecule has 0 N–H and O–H groups in total. The summed E-state index contributed by atoms with van der Waals surface area (Å²) in [6.45, 7) is 1.96. The van der Waals surface area contributed by atoms with E-state index in [1.165, 1.54) is 6.07 Å². The number of rotatable bonds is 5. The third kappa shape index (κ3) is 3.94. The molecule has 0 saturated carbocycles. The lowest BCUT2D eigenvalue weighted by atomic mass is 10.5. The first kappa shape index (κ1) is 13.2. The molecular formula is C10H10F2O2S2. The fourth-order valence-corrected chi connectivity index (χ4v) is 2.50. The third-order valence-electron chi connectivity index (χ3n) is 1.58. The van der Waals surface area contributed by atoms with Crippen LogP contribution in [0, 0.1) is 0 Å². The Balaban J connectivity index is 2.64.